The van der Waals surface area contributed by atoms with E-state index in [0.717, 1.165) is 5.56 Å². The van der Waals surface area contributed by atoms with E-state index in [9.17, 15) is 9.59 Å². The molecule has 2 amide bonds. The minimum Gasteiger partial charge on any atom is -0.322 e. The lowest BCUT2D eigenvalue weighted by atomic mass is 10.2. The number of thioether (sulfide) groups is 1. The van der Waals surface area contributed by atoms with Crippen LogP contribution in [-0.4, -0.2) is 27.7 Å². The van der Waals surface area contributed by atoms with Gasteiger partial charge in [0, 0.05) is 28.9 Å². The van der Waals surface area contributed by atoms with Crippen LogP contribution >= 0.6 is 35.0 Å². The molecule has 1 aromatic carbocycles. The summed E-state index contributed by atoms with van der Waals surface area (Å²) in [5.41, 5.74) is 2.04. The summed E-state index contributed by atoms with van der Waals surface area (Å²) >= 11 is 12.8. The number of anilines is 2. The summed E-state index contributed by atoms with van der Waals surface area (Å²) in [5.74, 6) is 0.253. The average Bonchev–Trinajstić information content (AvgIpc) is 2.74. The molecule has 0 spiro atoms. The van der Waals surface area contributed by atoms with E-state index in [1.165, 1.54) is 11.8 Å². The Kier molecular flexibility index (Phi) is 7.46. The number of hydrogen-bond donors (Lipinski definition) is 2. The van der Waals surface area contributed by atoms with E-state index in [-0.39, 0.29) is 17.7 Å². The summed E-state index contributed by atoms with van der Waals surface area (Å²) in [6, 6.07) is 13.9. The fourth-order valence-corrected chi connectivity index (χ4v) is 3.50. The van der Waals surface area contributed by atoms with Crippen LogP contribution in [0.25, 0.3) is 0 Å². The minimum absolute atomic E-state index is 0.138. The maximum Gasteiger partial charge on any atom is 0.258 e. The van der Waals surface area contributed by atoms with Crippen molar-refractivity contribution in [2.75, 3.05) is 16.5 Å². The van der Waals surface area contributed by atoms with Gasteiger partial charge >= 0.3 is 0 Å². The van der Waals surface area contributed by atoms with Crippen LogP contribution in [0.2, 0.25) is 5.02 Å². The number of nitrogens with one attached hydrogen (secondary N) is 2. The first-order valence-electron chi connectivity index (χ1n) is 8.50. The first-order chi connectivity index (χ1) is 14.0. The smallest absolute Gasteiger partial charge is 0.258 e. The van der Waals surface area contributed by atoms with Gasteiger partial charge in [0.15, 0.2) is 0 Å². The highest BCUT2D eigenvalue weighted by molar-refractivity contribution is 7.98. The van der Waals surface area contributed by atoms with Crippen LogP contribution in [-0.2, 0) is 10.5 Å². The van der Waals surface area contributed by atoms with E-state index in [1.54, 1.807) is 54.9 Å². The standard InChI is InChI=1S/C20H16Cl2N4O2S/c21-11-18(27)26-17-10-13(7-9-23-17)12-29-20-16(2-1-8-24-20)19(28)25-15-5-3-14(22)4-6-15/h1-10H,11-12H2,(H,25,28)(H,23,26,27). The maximum absolute atomic E-state index is 12.7. The Bertz CT molecular complexity index is 1020. The van der Waals surface area contributed by atoms with Gasteiger partial charge in [-0.05, 0) is 54.1 Å². The van der Waals surface area contributed by atoms with E-state index in [1.807, 2.05) is 6.07 Å². The van der Waals surface area contributed by atoms with Gasteiger partial charge in [-0.25, -0.2) is 9.97 Å². The summed E-state index contributed by atoms with van der Waals surface area (Å²) in [6.45, 7) is 0. The van der Waals surface area contributed by atoms with Gasteiger partial charge in [-0.15, -0.1) is 23.4 Å². The molecule has 3 aromatic rings. The first-order valence-corrected chi connectivity index (χ1v) is 10.4. The van der Waals surface area contributed by atoms with Crippen molar-refractivity contribution in [2.24, 2.45) is 0 Å². The van der Waals surface area contributed by atoms with Crippen molar-refractivity contribution >= 4 is 58.3 Å². The molecule has 3 rings (SSSR count). The van der Waals surface area contributed by atoms with Crippen LogP contribution < -0.4 is 10.6 Å². The number of carbonyl (C=O) groups is 2. The number of aromatic nitrogens is 2. The third-order valence-electron chi connectivity index (χ3n) is 3.71. The van der Waals surface area contributed by atoms with E-state index >= 15 is 0 Å². The number of amides is 2. The zero-order valence-electron chi connectivity index (χ0n) is 15.1. The van der Waals surface area contributed by atoms with E-state index in [0.29, 0.717) is 32.9 Å². The van der Waals surface area contributed by atoms with Crippen LogP contribution in [0.5, 0.6) is 0 Å². The van der Waals surface area contributed by atoms with Gasteiger partial charge in [0.1, 0.15) is 16.7 Å². The van der Waals surface area contributed by atoms with E-state index in [4.69, 9.17) is 23.2 Å². The van der Waals surface area contributed by atoms with Crippen molar-refractivity contribution < 1.29 is 9.59 Å². The van der Waals surface area contributed by atoms with Crippen molar-refractivity contribution in [3.05, 3.63) is 77.1 Å². The number of halogens is 2. The van der Waals surface area contributed by atoms with Gasteiger partial charge in [-0.3, -0.25) is 9.59 Å². The Balaban J connectivity index is 1.69. The van der Waals surface area contributed by atoms with Gasteiger partial charge in [0.25, 0.3) is 5.91 Å². The number of carbonyl (C=O) groups excluding carboxylic acids is 2. The quantitative estimate of drug-likeness (QED) is 0.400. The predicted octanol–water partition coefficient (Wildman–Crippen LogP) is 4.85. The Hall–Kier alpha value is -2.61. The van der Waals surface area contributed by atoms with Crippen molar-refractivity contribution in [2.45, 2.75) is 10.8 Å². The van der Waals surface area contributed by atoms with Crippen LogP contribution in [0.4, 0.5) is 11.5 Å². The molecule has 0 radical (unpaired) electrons. The third kappa shape index (κ3) is 6.19. The van der Waals surface area contributed by atoms with Crippen molar-refractivity contribution in [3.8, 4) is 0 Å². The normalized spacial score (nSPS) is 10.4. The zero-order valence-corrected chi connectivity index (χ0v) is 17.4. The van der Waals surface area contributed by atoms with Crippen molar-refractivity contribution in [3.63, 3.8) is 0 Å². The van der Waals surface area contributed by atoms with Gasteiger partial charge in [-0.1, -0.05) is 11.6 Å². The minimum atomic E-state index is -0.324. The molecule has 0 aliphatic carbocycles. The maximum atomic E-state index is 12.7. The number of pyridine rings is 2. The van der Waals surface area contributed by atoms with Gasteiger partial charge in [-0.2, -0.15) is 0 Å². The Morgan fingerprint density at radius 2 is 1.79 bits per heavy atom. The fourth-order valence-electron chi connectivity index (χ4n) is 2.37. The van der Waals surface area contributed by atoms with Gasteiger partial charge in [0.05, 0.1) is 5.56 Å². The summed E-state index contributed by atoms with van der Waals surface area (Å²) < 4.78 is 0. The van der Waals surface area contributed by atoms with Crippen LogP contribution in [0.1, 0.15) is 15.9 Å². The molecular weight excluding hydrogens is 431 g/mol. The Morgan fingerprint density at radius 3 is 2.55 bits per heavy atom. The highest BCUT2D eigenvalue weighted by atomic mass is 35.5. The molecule has 0 saturated heterocycles. The lowest BCUT2D eigenvalue weighted by Crippen LogP contribution is -2.14. The largest absolute Gasteiger partial charge is 0.322 e. The Labute approximate surface area is 182 Å². The zero-order chi connectivity index (χ0) is 20.6. The molecule has 0 aliphatic heterocycles. The molecule has 0 fully saturated rings. The SMILES string of the molecule is O=C(CCl)Nc1cc(CSc2ncccc2C(=O)Nc2ccc(Cl)cc2)ccn1. The van der Waals surface area contributed by atoms with Crippen molar-refractivity contribution in [1.29, 1.82) is 0 Å². The molecule has 0 bridgehead atoms. The van der Waals surface area contributed by atoms with Crippen molar-refractivity contribution in [1.82, 2.24) is 9.97 Å². The van der Waals surface area contributed by atoms with Crippen LogP contribution in [0.15, 0.2) is 66.0 Å². The molecule has 29 heavy (non-hydrogen) atoms. The van der Waals surface area contributed by atoms with E-state index < -0.39 is 0 Å². The molecule has 0 aliphatic rings. The molecular formula is C20H16Cl2N4O2S. The molecule has 0 atom stereocenters. The summed E-state index contributed by atoms with van der Waals surface area (Å²) in [5, 5.41) is 6.65. The van der Waals surface area contributed by atoms with Gasteiger partial charge < -0.3 is 10.6 Å². The summed E-state index contributed by atoms with van der Waals surface area (Å²) in [6.07, 6.45) is 3.24. The lowest BCUT2D eigenvalue weighted by Gasteiger charge is -2.10. The summed E-state index contributed by atoms with van der Waals surface area (Å²) in [4.78, 5) is 32.5. The molecule has 6 nitrogen and oxygen atoms in total. The monoisotopic (exact) mass is 446 g/mol. The van der Waals surface area contributed by atoms with Crippen LogP contribution in [0, 0.1) is 0 Å². The second-order valence-corrected chi connectivity index (χ2v) is 7.50. The number of rotatable bonds is 7. The number of benzene rings is 1. The molecule has 0 saturated carbocycles. The topological polar surface area (TPSA) is 84.0 Å². The summed E-state index contributed by atoms with van der Waals surface area (Å²) in [7, 11) is 0. The predicted molar refractivity (Wildman–Crippen MR) is 117 cm³/mol. The molecule has 2 N–H and O–H groups in total. The lowest BCUT2D eigenvalue weighted by molar-refractivity contribution is -0.113. The number of hydrogen-bond acceptors (Lipinski definition) is 5. The van der Waals surface area contributed by atoms with Gasteiger partial charge in [0.2, 0.25) is 5.91 Å². The highest BCUT2D eigenvalue weighted by Crippen LogP contribution is 2.26. The molecule has 2 heterocycles. The third-order valence-corrected chi connectivity index (χ3v) is 5.28. The van der Waals surface area contributed by atoms with Crippen LogP contribution in [0.3, 0.4) is 0 Å². The average molecular weight is 447 g/mol. The number of alkyl halides is 1. The number of nitrogens with zero attached hydrogens (tertiary/aromatic N) is 2. The Morgan fingerprint density at radius 1 is 1.00 bits per heavy atom. The second-order valence-electron chi connectivity index (χ2n) is 5.84. The molecule has 9 heteroatoms. The first kappa shape index (κ1) is 21.1. The molecule has 2 aromatic heterocycles. The second kappa shape index (κ2) is 10.2. The van der Waals surface area contributed by atoms with E-state index in [2.05, 4.69) is 20.6 Å². The molecule has 148 valence electrons. The molecule has 0 unspecified atom stereocenters. The highest BCUT2D eigenvalue weighted by Gasteiger charge is 2.13. The fraction of sp³-hybridized carbons (Fsp3) is 0.100.